The van der Waals surface area contributed by atoms with Crippen molar-refractivity contribution < 1.29 is 46.9 Å². The maximum absolute atomic E-state index is 15.0. The molecule has 5 rings (SSSR count). The highest BCUT2D eigenvalue weighted by Gasteiger charge is 2.54. The van der Waals surface area contributed by atoms with Crippen LogP contribution in [0.3, 0.4) is 0 Å². The molecule has 0 bridgehead atoms. The number of ether oxygens (including phenoxy) is 4. The predicted octanol–water partition coefficient (Wildman–Crippen LogP) is 3.48. The van der Waals surface area contributed by atoms with Gasteiger partial charge < -0.3 is 24.7 Å². The van der Waals surface area contributed by atoms with E-state index in [9.17, 15) is 19.2 Å². The summed E-state index contributed by atoms with van der Waals surface area (Å²) in [6, 6.07) is 7.90. The topological polar surface area (TPSA) is 131 Å². The molecular formula is C25H15F2NO8. The molecule has 1 spiro atoms. The Morgan fingerprint density at radius 3 is 1.83 bits per heavy atom. The Morgan fingerprint density at radius 1 is 0.833 bits per heavy atom. The second kappa shape index (κ2) is 7.87. The van der Waals surface area contributed by atoms with Gasteiger partial charge in [0.2, 0.25) is 5.91 Å². The van der Waals surface area contributed by atoms with Gasteiger partial charge in [-0.25, -0.2) is 13.6 Å². The second-order valence-electron chi connectivity index (χ2n) is 8.04. The number of hydrogen-bond donors (Lipinski definition) is 1. The first kappa shape index (κ1) is 23.0. The molecule has 0 saturated heterocycles. The number of halogens is 2. The zero-order valence-corrected chi connectivity index (χ0v) is 18.6. The van der Waals surface area contributed by atoms with Crippen LogP contribution in [0.5, 0.6) is 23.0 Å². The number of amides is 1. The molecule has 0 aromatic heterocycles. The Hall–Kier alpha value is -4.80. The van der Waals surface area contributed by atoms with E-state index in [1.807, 2.05) is 0 Å². The van der Waals surface area contributed by atoms with Crippen molar-refractivity contribution in [3.05, 3.63) is 81.9 Å². The number of hydrogen-bond acceptors (Lipinski definition) is 8. The fourth-order valence-electron chi connectivity index (χ4n) is 4.33. The number of fused-ring (bicyclic) bond motifs is 6. The molecule has 2 aliphatic heterocycles. The lowest BCUT2D eigenvalue weighted by atomic mass is 9.77. The smallest absolute Gasteiger partial charge is 0.340 e. The van der Waals surface area contributed by atoms with E-state index < -0.39 is 52.5 Å². The zero-order valence-electron chi connectivity index (χ0n) is 18.6. The number of primary amides is 1. The lowest BCUT2D eigenvalue weighted by molar-refractivity contribution is -0.133. The van der Waals surface area contributed by atoms with Crippen molar-refractivity contribution in [2.24, 2.45) is 5.73 Å². The quantitative estimate of drug-likeness (QED) is 0.432. The van der Waals surface area contributed by atoms with Crippen molar-refractivity contribution >= 4 is 23.8 Å². The van der Waals surface area contributed by atoms with E-state index >= 15 is 8.78 Å². The molecular weight excluding hydrogens is 480 g/mol. The molecule has 182 valence electrons. The van der Waals surface area contributed by atoms with Crippen LogP contribution in [-0.2, 0) is 19.9 Å². The molecule has 2 aliphatic rings. The fraction of sp³-hybridized carbons (Fsp3) is 0.120. The third kappa shape index (κ3) is 3.35. The minimum absolute atomic E-state index is 0.00928. The van der Waals surface area contributed by atoms with E-state index in [4.69, 9.17) is 24.7 Å². The maximum atomic E-state index is 15.0. The van der Waals surface area contributed by atoms with Crippen LogP contribution in [-0.4, -0.2) is 23.8 Å². The van der Waals surface area contributed by atoms with Gasteiger partial charge in [0.05, 0.1) is 16.7 Å². The number of nitrogens with two attached hydrogens (primary N) is 1. The van der Waals surface area contributed by atoms with Gasteiger partial charge in [-0.2, -0.15) is 0 Å². The molecule has 0 saturated carbocycles. The Labute approximate surface area is 201 Å². The molecule has 2 N–H and O–H groups in total. The van der Waals surface area contributed by atoms with Gasteiger partial charge in [0.1, 0.15) is 11.5 Å². The van der Waals surface area contributed by atoms with Crippen molar-refractivity contribution in [3.8, 4) is 23.0 Å². The lowest BCUT2D eigenvalue weighted by Gasteiger charge is -2.36. The predicted molar refractivity (Wildman–Crippen MR) is 116 cm³/mol. The molecule has 0 unspecified atom stereocenters. The van der Waals surface area contributed by atoms with E-state index in [2.05, 4.69) is 0 Å². The van der Waals surface area contributed by atoms with Gasteiger partial charge in [-0.3, -0.25) is 14.4 Å². The summed E-state index contributed by atoms with van der Waals surface area (Å²) >= 11 is 0. The standard InChI is InChI=1S/C25H15F2NO8/c1-10(29)33-21-8-19-15(6-17(21)26)25(14-5-12(23(28)31)3-4-13(14)24(32)36-25)16-7-18(27)22(34-11(2)30)9-20(16)35-19/h3-9H,1-2H3,(H2,28,31). The summed E-state index contributed by atoms with van der Waals surface area (Å²) in [6.07, 6.45) is 0. The summed E-state index contributed by atoms with van der Waals surface area (Å²) in [5.41, 5.74) is 3.41. The first-order valence-electron chi connectivity index (χ1n) is 10.4. The van der Waals surface area contributed by atoms with Crippen molar-refractivity contribution in [3.63, 3.8) is 0 Å². The Bertz CT molecular complexity index is 1460. The summed E-state index contributed by atoms with van der Waals surface area (Å²) in [7, 11) is 0. The number of rotatable bonds is 3. The Morgan fingerprint density at radius 2 is 1.36 bits per heavy atom. The number of carbonyl (C=O) groups excluding carboxylic acids is 4. The van der Waals surface area contributed by atoms with Crippen molar-refractivity contribution in [2.75, 3.05) is 0 Å². The van der Waals surface area contributed by atoms with Gasteiger partial charge in [0.25, 0.3) is 0 Å². The van der Waals surface area contributed by atoms with Gasteiger partial charge in [-0.1, -0.05) is 0 Å². The average Bonchev–Trinajstić information content (AvgIpc) is 3.08. The molecule has 9 nitrogen and oxygen atoms in total. The normalized spacial score (nSPS) is 14.2. The highest BCUT2D eigenvalue weighted by molar-refractivity contribution is 6.00. The first-order valence-corrected chi connectivity index (χ1v) is 10.4. The van der Waals surface area contributed by atoms with Crippen molar-refractivity contribution in [2.45, 2.75) is 19.4 Å². The molecule has 0 fully saturated rings. The SMILES string of the molecule is CC(=O)Oc1cc2c(cc1F)C1(OC(=O)c3ccc(C(N)=O)cc31)c1cc(F)c(OC(C)=O)cc1O2. The van der Waals surface area contributed by atoms with Gasteiger partial charge in [-0.15, -0.1) is 0 Å². The summed E-state index contributed by atoms with van der Waals surface area (Å²) in [5, 5.41) is 0. The minimum atomic E-state index is -1.98. The molecule has 0 atom stereocenters. The monoisotopic (exact) mass is 495 g/mol. The van der Waals surface area contributed by atoms with Crippen LogP contribution in [0.15, 0.2) is 42.5 Å². The summed E-state index contributed by atoms with van der Waals surface area (Å²) in [4.78, 5) is 47.7. The Kier molecular flexibility index (Phi) is 5.02. The van der Waals surface area contributed by atoms with Crippen LogP contribution in [0.1, 0.15) is 51.3 Å². The molecule has 36 heavy (non-hydrogen) atoms. The highest BCUT2D eigenvalue weighted by atomic mass is 19.1. The molecule has 3 aromatic rings. The largest absolute Gasteiger partial charge is 0.456 e. The third-order valence-corrected chi connectivity index (χ3v) is 5.70. The molecule has 11 heteroatoms. The third-order valence-electron chi connectivity index (χ3n) is 5.70. The van der Waals surface area contributed by atoms with Crippen LogP contribution in [0.4, 0.5) is 8.78 Å². The van der Waals surface area contributed by atoms with Crippen molar-refractivity contribution in [1.82, 2.24) is 0 Å². The summed E-state index contributed by atoms with van der Waals surface area (Å²) in [6.45, 7) is 2.15. The molecule has 2 heterocycles. The number of benzene rings is 3. The van der Waals surface area contributed by atoms with E-state index in [0.29, 0.717) is 0 Å². The van der Waals surface area contributed by atoms with Gasteiger partial charge in [0.15, 0.2) is 28.7 Å². The number of esters is 3. The van der Waals surface area contributed by atoms with Crippen LogP contribution in [0.2, 0.25) is 0 Å². The summed E-state index contributed by atoms with van der Waals surface area (Å²) in [5.74, 6) is -6.41. The van der Waals surface area contributed by atoms with Gasteiger partial charge >= 0.3 is 17.9 Å². The number of carbonyl (C=O) groups is 4. The summed E-state index contributed by atoms with van der Waals surface area (Å²) < 4.78 is 51.5. The molecule has 1 amide bonds. The van der Waals surface area contributed by atoms with E-state index in [0.717, 1.165) is 38.1 Å². The first-order chi connectivity index (χ1) is 17.0. The average molecular weight is 495 g/mol. The van der Waals surface area contributed by atoms with Crippen LogP contribution in [0.25, 0.3) is 0 Å². The van der Waals surface area contributed by atoms with Crippen molar-refractivity contribution in [1.29, 1.82) is 0 Å². The Balaban J connectivity index is 1.85. The van der Waals surface area contributed by atoms with Crippen LogP contribution < -0.4 is 19.9 Å². The lowest BCUT2D eigenvalue weighted by Crippen LogP contribution is -2.33. The molecule has 0 radical (unpaired) electrons. The van der Waals surface area contributed by atoms with E-state index in [1.54, 1.807) is 0 Å². The van der Waals surface area contributed by atoms with Gasteiger partial charge in [0, 0.05) is 37.1 Å². The molecule has 0 aliphatic carbocycles. The zero-order chi connectivity index (χ0) is 25.9. The van der Waals surface area contributed by atoms with E-state index in [1.165, 1.54) is 18.2 Å². The van der Waals surface area contributed by atoms with Crippen LogP contribution >= 0.6 is 0 Å². The van der Waals surface area contributed by atoms with Gasteiger partial charge in [-0.05, 0) is 30.3 Å². The second-order valence-corrected chi connectivity index (χ2v) is 8.04. The van der Waals surface area contributed by atoms with E-state index in [-0.39, 0.29) is 39.3 Å². The maximum Gasteiger partial charge on any atom is 0.340 e. The minimum Gasteiger partial charge on any atom is -0.456 e. The van der Waals surface area contributed by atoms with Crippen LogP contribution in [0, 0.1) is 11.6 Å². The highest BCUT2D eigenvalue weighted by Crippen LogP contribution is 2.57. The fourth-order valence-corrected chi connectivity index (χ4v) is 4.33. The molecule has 3 aromatic carbocycles.